The summed E-state index contributed by atoms with van der Waals surface area (Å²) in [5.41, 5.74) is 2.52. The average Bonchev–Trinajstić information content (AvgIpc) is 2.42. The Morgan fingerprint density at radius 3 is 2.42 bits per heavy atom. The first kappa shape index (κ1) is 12.7. The van der Waals surface area contributed by atoms with Crippen molar-refractivity contribution in [3.05, 3.63) is 23.8 Å². The maximum Gasteiger partial charge on any atom is 0.233 e. The molecule has 1 aromatic carbocycles. The van der Waals surface area contributed by atoms with Crippen molar-refractivity contribution in [3.63, 3.8) is 0 Å². The lowest BCUT2D eigenvalue weighted by Crippen LogP contribution is -2.16. The minimum absolute atomic E-state index is 0.121. The molecule has 2 aliphatic rings. The summed E-state index contributed by atoms with van der Waals surface area (Å²) in [6, 6.07) is 5.83. The number of alkyl halides is 1. The second kappa shape index (κ2) is 4.96. The molecule has 0 aromatic heterocycles. The zero-order valence-corrected chi connectivity index (χ0v) is 12.0. The number of anilines is 2. The van der Waals surface area contributed by atoms with Gasteiger partial charge in [0, 0.05) is 4.83 Å². The molecule has 100 valence electrons. The maximum absolute atomic E-state index is 11.6. The predicted molar refractivity (Wildman–Crippen MR) is 77.3 cm³/mol. The van der Waals surface area contributed by atoms with E-state index in [1.54, 1.807) is 0 Å². The molecule has 1 saturated carbocycles. The fourth-order valence-corrected chi connectivity index (χ4v) is 3.30. The predicted octanol–water partition coefficient (Wildman–Crippen LogP) is 3.20. The van der Waals surface area contributed by atoms with Crippen molar-refractivity contribution in [1.29, 1.82) is 0 Å². The summed E-state index contributed by atoms with van der Waals surface area (Å²) in [7, 11) is 0. The average molecular weight is 323 g/mol. The van der Waals surface area contributed by atoms with Crippen LogP contribution < -0.4 is 10.6 Å². The highest BCUT2D eigenvalue weighted by Gasteiger charge is 2.27. The molecule has 1 heterocycles. The first-order chi connectivity index (χ1) is 9.13. The van der Waals surface area contributed by atoms with E-state index >= 15 is 0 Å². The molecule has 1 atom stereocenters. The number of nitrogens with one attached hydrogen (secondary N) is 2. The molecule has 2 N–H and O–H groups in total. The molecule has 0 bridgehead atoms. The summed E-state index contributed by atoms with van der Waals surface area (Å²) in [4.78, 5) is 23.3. The van der Waals surface area contributed by atoms with Gasteiger partial charge in [-0.2, -0.15) is 0 Å². The van der Waals surface area contributed by atoms with Crippen molar-refractivity contribution >= 4 is 39.1 Å². The minimum Gasteiger partial charge on any atom is -0.324 e. The Labute approximate surface area is 120 Å². The number of rotatable bonds is 2. The fraction of sp³-hybridized carbons (Fsp3) is 0.429. The zero-order chi connectivity index (χ0) is 13.4. The Morgan fingerprint density at radius 1 is 1.11 bits per heavy atom. The monoisotopic (exact) mass is 322 g/mol. The fourth-order valence-electron chi connectivity index (χ4n) is 2.49. The summed E-state index contributed by atoms with van der Waals surface area (Å²) in [5, 5.41) is 5.52. The lowest BCUT2D eigenvalue weighted by Gasteiger charge is -2.30. The van der Waals surface area contributed by atoms with Crippen LogP contribution in [0.15, 0.2) is 18.2 Å². The van der Waals surface area contributed by atoms with Gasteiger partial charge in [0.1, 0.15) is 6.42 Å². The highest BCUT2D eigenvalue weighted by Crippen LogP contribution is 2.44. The molecule has 2 amide bonds. The Balaban J connectivity index is 1.89. The van der Waals surface area contributed by atoms with Crippen molar-refractivity contribution in [3.8, 4) is 0 Å². The molecule has 1 unspecified atom stereocenters. The van der Waals surface area contributed by atoms with E-state index in [0.717, 1.165) is 5.56 Å². The van der Waals surface area contributed by atoms with Crippen LogP contribution in [0.3, 0.4) is 0 Å². The third-order valence-electron chi connectivity index (χ3n) is 3.80. The number of halogens is 1. The van der Waals surface area contributed by atoms with Crippen molar-refractivity contribution in [2.45, 2.75) is 30.5 Å². The first-order valence-corrected chi connectivity index (χ1v) is 7.43. The van der Waals surface area contributed by atoms with Gasteiger partial charge in [0.15, 0.2) is 0 Å². The van der Waals surface area contributed by atoms with Gasteiger partial charge in [0.2, 0.25) is 11.8 Å². The molecule has 3 rings (SSSR count). The van der Waals surface area contributed by atoms with E-state index in [4.69, 9.17) is 0 Å². The van der Waals surface area contributed by atoms with Gasteiger partial charge in [-0.25, -0.2) is 0 Å². The van der Waals surface area contributed by atoms with Crippen LogP contribution in [-0.4, -0.2) is 11.8 Å². The van der Waals surface area contributed by atoms with E-state index in [0.29, 0.717) is 22.1 Å². The molecule has 1 fully saturated rings. The normalized spacial score (nSPS) is 20.7. The SMILES string of the molecule is O=C1CC(=O)Nc2cc(C(Br)C3CCC3)ccc2N1. The summed E-state index contributed by atoms with van der Waals surface area (Å²) < 4.78 is 0. The number of carbonyl (C=O) groups is 2. The molecule has 0 radical (unpaired) electrons. The van der Waals surface area contributed by atoms with E-state index < -0.39 is 0 Å². The van der Waals surface area contributed by atoms with E-state index in [-0.39, 0.29) is 18.2 Å². The molecule has 1 aromatic rings. The third kappa shape index (κ3) is 2.52. The molecule has 4 nitrogen and oxygen atoms in total. The van der Waals surface area contributed by atoms with Crippen LogP contribution in [0.4, 0.5) is 11.4 Å². The van der Waals surface area contributed by atoms with E-state index in [2.05, 4.69) is 26.6 Å². The Bertz CT molecular complexity index is 540. The second-order valence-corrected chi connectivity index (χ2v) is 6.16. The van der Waals surface area contributed by atoms with E-state index in [1.165, 1.54) is 19.3 Å². The lowest BCUT2D eigenvalue weighted by molar-refractivity contribution is -0.123. The standard InChI is InChI=1S/C14H15BrN2O2/c15-14(8-2-1-3-8)9-4-5-10-11(6-9)17-13(19)7-12(18)16-10/h4-6,8,14H,1-3,7H2,(H,16,18)(H,17,19). The molecular weight excluding hydrogens is 308 g/mol. The van der Waals surface area contributed by atoms with Crippen LogP contribution in [0, 0.1) is 5.92 Å². The Hall–Kier alpha value is -1.36. The highest BCUT2D eigenvalue weighted by atomic mass is 79.9. The van der Waals surface area contributed by atoms with Gasteiger partial charge in [-0.3, -0.25) is 9.59 Å². The first-order valence-electron chi connectivity index (χ1n) is 6.51. The summed E-state index contributed by atoms with van der Waals surface area (Å²) in [5.74, 6) is 0.149. The quantitative estimate of drug-likeness (QED) is 0.649. The van der Waals surface area contributed by atoms with Gasteiger partial charge in [-0.1, -0.05) is 28.4 Å². The number of amides is 2. The molecule has 0 saturated heterocycles. The Morgan fingerprint density at radius 2 is 1.79 bits per heavy atom. The molecular formula is C14H15BrN2O2. The lowest BCUT2D eigenvalue weighted by atomic mass is 9.81. The summed E-state index contributed by atoms with van der Waals surface area (Å²) in [6.07, 6.45) is 3.67. The number of fused-ring (bicyclic) bond motifs is 1. The van der Waals surface area contributed by atoms with E-state index in [1.807, 2.05) is 18.2 Å². The molecule has 1 aliphatic carbocycles. The van der Waals surface area contributed by atoms with Gasteiger partial charge in [-0.05, 0) is 36.5 Å². The van der Waals surface area contributed by atoms with Crippen LogP contribution in [-0.2, 0) is 9.59 Å². The molecule has 0 spiro atoms. The molecule has 19 heavy (non-hydrogen) atoms. The van der Waals surface area contributed by atoms with Crippen molar-refractivity contribution in [1.82, 2.24) is 0 Å². The number of hydrogen-bond acceptors (Lipinski definition) is 2. The van der Waals surface area contributed by atoms with Crippen LogP contribution >= 0.6 is 15.9 Å². The number of benzene rings is 1. The van der Waals surface area contributed by atoms with Gasteiger partial charge < -0.3 is 10.6 Å². The minimum atomic E-state index is -0.265. The zero-order valence-electron chi connectivity index (χ0n) is 10.4. The van der Waals surface area contributed by atoms with Gasteiger partial charge in [0.05, 0.1) is 11.4 Å². The largest absolute Gasteiger partial charge is 0.324 e. The Kier molecular flexibility index (Phi) is 3.31. The van der Waals surface area contributed by atoms with Crippen LogP contribution in [0.2, 0.25) is 0 Å². The van der Waals surface area contributed by atoms with Crippen molar-refractivity contribution in [2.24, 2.45) is 5.92 Å². The van der Waals surface area contributed by atoms with Gasteiger partial charge in [0.25, 0.3) is 0 Å². The highest BCUT2D eigenvalue weighted by molar-refractivity contribution is 9.09. The number of carbonyl (C=O) groups excluding carboxylic acids is 2. The van der Waals surface area contributed by atoms with Gasteiger partial charge >= 0.3 is 0 Å². The van der Waals surface area contributed by atoms with Crippen LogP contribution in [0.25, 0.3) is 0 Å². The van der Waals surface area contributed by atoms with Crippen molar-refractivity contribution < 1.29 is 9.59 Å². The number of hydrogen-bond donors (Lipinski definition) is 2. The third-order valence-corrected chi connectivity index (χ3v) is 5.07. The van der Waals surface area contributed by atoms with Gasteiger partial charge in [-0.15, -0.1) is 0 Å². The van der Waals surface area contributed by atoms with Crippen LogP contribution in [0.1, 0.15) is 36.1 Å². The molecule has 5 heteroatoms. The summed E-state index contributed by atoms with van der Waals surface area (Å²) in [6.45, 7) is 0. The molecule has 1 aliphatic heterocycles. The van der Waals surface area contributed by atoms with E-state index in [9.17, 15) is 9.59 Å². The summed E-state index contributed by atoms with van der Waals surface area (Å²) >= 11 is 3.74. The smallest absolute Gasteiger partial charge is 0.233 e. The maximum atomic E-state index is 11.6. The van der Waals surface area contributed by atoms with Crippen molar-refractivity contribution in [2.75, 3.05) is 10.6 Å². The van der Waals surface area contributed by atoms with Crippen LogP contribution in [0.5, 0.6) is 0 Å². The topological polar surface area (TPSA) is 58.2 Å². The second-order valence-electron chi connectivity index (χ2n) is 5.17.